The lowest BCUT2D eigenvalue weighted by Gasteiger charge is -2.35. The lowest BCUT2D eigenvalue weighted by atomic mass is 9.98. The van der Waals surface area contributed by atoms with Crippen molar-refractivity contribution in [1.82, 2.24) is 10.2 Å². The van der Waals surface area contributed by atoms with Gasteiger partial charge in [0.1, 0.15) is 5.82 Å². The Kier molecular flexibility index (Phi) is 4.84. The predicted molar refractivity (Wildman–Crippen MR) is 75.0 cm³/mol. The minimum absolute atomic E-state index is 0.120. The molecule has 2 rings (SSSR count). The van der Waals surface area contributed by atoms with Gasteiger partial charge >= 0.3 is 5.69 Å². The Morgan fingerprint density at radius 2 is 2.14 bits per heavy atom. The van der Waals surface area contributed by atoms with Crippen LogP contribution < -0.4 is 5.32 Å². The fraction of sp³-hybridized carbons (Fsp3) is 0.571. The molecule has 1 aromatic rings. The molecule has 116 valence electrons. The van der Waals surface area contributed by atoms with Gasteiger partial charge in [-0.15, -0.1) is 0 Å². The number of halogens is 2. The van der Waals surface area contributed by atoms with Crippen molar-refractivity contribution in [3.05, 3.63) is 39.4 Å². The molecule has 2 atom stereocenters. The van der Waals surface area contributed by atoms with Gasteiger partial charge in [0, 0.05) is 36.3 Å². The van der Waals surface area contributed by atoms with Crippen LogP contribution >= 0.6 is 0 Å². The first-order valence-corrected chi connectivity index (χ1v) is 6.94. The van der Waals surface area contributed by atoms with Crippen LogP contribution in [-0.2, 0) is 6.54 Å². The quantitative estimate of drug-likeness (QED) is 0.685. The summed E-state index contributed by atoms with van der Waals surface area (Å²) >= 11 is 0. The molecular formula is C14H19F2N3O2. The minimum atomic E-state index is -1.14. The number of hydrogen-bond donors (Lipinski definition) is 1. The highest BCUT2D eigenvalue weighted by atomic mass is 19.1. The van der Waals surface area contributed by atoms with Crippen molar-refractivity contribution in [1.29, 1.82) is 0 Å². The van der Waals surface area contributed by atoms with Crippen LogP contribution in [0.3, 0.4) is 0 Å². The van der Waals surface area contributed by atoms with Gasteiger partial charge < -0.3 is 10.2 Å². The van der Waals surface area contributed by atoms with Crippen LogP contribution in [0, 0.1) is 21.7 Å². The van der Waals surface area contributed by atoms with Crippen LogP contribution in [-0.4, -0.2) is 35.5 Å². The Morgan fingerprint density at radius 3 is 2.76 bits per heavy atom. The number of nitro benzene ring substituents is 1. The number of nitro groups is 1. The molecule has 7 heteroatoms. The molecule has 5 nitrogen and oxygen atoms in total. The second-order valence-electron chi connectivity index (χ2n) is 5.58. The molecule has 1 aliphatic heterocycles. The first kappa shape index (κ1) is 15.8. The Labute approximate surface area is 122 Å². The minimum Gasteiger partial charge on any atom is -0.310 e. The molecule has 0 aromatic heterocycles. The van der Waals surface area contributed by atoms with Gasteiger partial charge in [0.25, 0.3) is 0 Å². The van der Waals surface area contributed by atoms with E-state index in [0.29, 0.717) is 12.1 Å². The maximum absolute atomic E-state index is 13.7. The van der Waals surface area contributed by atoms with Crippen molar-refractivity contribution in [2.24, 2.45) is 0 Å². The molecule has 0 aliphatic carbocycles. The largest absolute Gasteiger partial charge is 0.310 e. The van der Waals surface area contributed by atoms with Gasteiger partial charge in [0.05, 0.1) is 4.92 Å². The van der Waals surface area contributed by atoms with E-state index in [1.807, 2.05) is 0 Å². The van der Waals surface area contributed by atoms with Gasteiger partial charge in [-0.2, -0.15) is 4.39 Å². The molecule has 0 amide bonds. The average Bonchev–Trinajstić information content (AvgIpc) is 2.41. The normalized spacial score (nSPS) is 23.2. The monoisotopic (exact) mass is 299 g/mol. The molecule has 1 heterocycles. The van der Waals surface area contributed by atoms with E-state index < -0.39 is 22.2 Å². The molecule has 0 spiro atoms. The lowest BCUT2D eigenvalue weighted by molar-refractivity contribution is -0.387. The second kappa shape index (κ2) is 6.44. The zero-order valence-corrected chi connectivity index (χ0v) is 12.1. The maximum atomic E-state index is 13.7. The van der Waals surface area contributed by atoms with E-state index in [1.165, 1.54) is 0 Å². The van der Waals surface area contributed by atoms with E-state index in [2.05, 4.69) is 24.2 Å². The average molecular weight is 299 g/mol. The molecule has 0 saturated carbocycles. The zero-order valence-electron chi connectivity index (χ0n) is 12.1. The Morgan fingerprint density at radius 1 is 1.43 bits per heavy atom. The van der Waals surface area contributed by atoms with Crippen LogP contribution in [0.4, 0.5) is 14.5 Å². The third-order valence-corrected chi connectivity index (χ3v) is 4.10. The highest BCUT2D eigenvalue weighted by Crippen LogP contribution is 2.22. The zero-order chi connectivity index (χ0) is 15.6. The van der Waals surface area contributed by atoms with E-state index >= 15 is 0 Å². The number of rotatable bonds is 4. The Balaban J connectivity index is 2.03. The molecule has 0 bridgehead atoms. The van der Waals surface area contributed by atoms with Crippen molar-refractivity contribution in [3.63, 3.8) is 0 Å². The van der Waals surface area contributed by atoms with Crippen LogP contribution in [0.1, 0.15) is 25.3 Å². The summed E-state index contributed by atoms with van der Waals surface area (Å²) in [6.45, 7) is 3.23. The van der Waals surface area contributed by atoms with E-state index in [0.717, 1.165) is 25.5 Å². The molecule has 1 aliphatic rings. The third-order valence-electron chi connectivity index (χ3n) is 4.10. The van der Waals surface area contributed by atoms with Gasteiger partial charge in [0.2, 0.25) is 5.82 Å². The second-order valence-corrected chi connectivity index (χ2v) is 5.58. The van der Waals surface area contributed by atoms with Crippen molar-refractivity contribution in [3.8, 4) is 0 Å². The summed E-state index contributed by atoms with van der Waals surface area (Å²) in [5.41, 5.74) is -0.570. The van der Waals surface area contributed by atoms with Gasteiger partial charge in [-0.3, -0.25) is 10.1 Å². The summed E-state index contributed by atoms with van der Waals surface area (Å²) < 4.78 is 26.9. The number of hydrogen-bond acceptors (Lipinski definition) is 4. The van der Waals surface area contributed by atoms with E-state index in [-0.39, 0.29) is 18.2 Å². The van der Waals surface area contributed by atoms with E-state index in [4.69, 9.17) is 0 Å². The van der Waals surface area contributed by atoms with Crippen molar-refractivity contribution in [2.45, 2.75) is 38.4 Å². The summed E-state index contributed by atoms with van der Waals surface area (Å²) in [5, 5.41) is 13.9. The fourth-order valence-corrected chi connectivity index (χ4v) is 2.59. The maximum Gasteiger partial charge on any atom is 0.305 e. The highest BCUT2D eigenvalue weighted by Gasteiger charge is 2.23. The van der Waals surface area contributed by atoms with E-state index in [9.17, 15) is 18.9 Å². The Hall–Kier alpha value is -1.60. The number of nitrogens with one attached hydrogen (secondary N) is 1. The third kappa shape index (κ3) is 3.74. The molecule has 1 fully saturated rings. The number of nitrogens with zero attached hydrogens (tertiary/aromatic N) is 2. The molecule has 21 heavy (non-hydrogen) atoms. The van der Waals surface area contributed by atoms with E-state index in [1.54, 1.807) is 0 Å². The molecule has 0 radical (unpaired) electrons. The first-order chi connectivity index (χ1) is 9.88. The summed E-state index contributed by atoms with van der Waals surface area (Å²) in [4.78, 5) is 12.1. The van der Waals surface area contributed by atoms with Crippen LogP contribution in [0.25, 0.3) is 0 Å². The smallest absolute Gasteiger partial charge is 0.305 e. The van der Waals surface area contributed by atoms with Crippen LogP contribution in [0.2, 0.25) is 0 Å². The summed E-state index contributed by atoms with van der Waals surface area (Å²) in [5.74, 6) is -1.90. The fourth-order valence-electron chi connectivity index (χ4n) is 2.59. The van der Waals surface area contributed by atoms with Crippen LogP contribution in [0.15, 0.2) is 12.1 Å². The SMILES string of the molecule is CC1CC(NCc2cc([N+](=O)[O-])c(F)cc2F)CCN1C. The summed E-state index contributed by atoms with van der Waals surface area (Å²) in [6, 6.07) is 2.21. The Bertz CT molecular complexity index is 539. The number of benzene rings is 1. The van der Waals surface area contributed by atoms with Gasteiger partial charge in [-0.05, 0) is 33.4 Å². The van der Waals surface area contributed by atoms with Gasteiger partial charge in [-0.1, -0.05) is 0 Å². The number of likely N-dealkylation sites (tertiary alicyclic amines) is 1. The highest BCUT2D eigenvalue weighted by molar-refractivity contribution is 5.37. The topological polar surface area (TPSA) is 58.4 Å². The van der Waals surface area contributed by atoms with Gasteiger partial charge in [0.15, 0.2) is 0 Å². The lowest BCUT2D eigenvalue weighted by Crippen LogP contribution is -2.45. The molecule has 1 N–H and O–H groups in total. The molecule has 1 aromatic carbocycles. The van der Waals surface area contributed by atoms with Crippen molar-refractivity contribution >= 4 is 5.69 Å². The molecule has 1 saturated heterocycles. The number of piperidine rings is 1. The predicted octanol–water partition coefficient (Wildman–Crippen LogP) is 2.45. The van der Waals surface area contributed by atoms with Gasteiger partial charge in [-0.25, -0.2) is 4.39 Å². The summed E-state index contributed by atoms with van der Waals surface area (Å²) in [7, 11) is 2.06. The standard InChI is InChI=1S/C14H19F2N3O2/c1-9-5-11(3-4-18(9)2)17-8-10-6-14(19(20)21)13(16)7-12(10)15/h6-7,9,11,17H,3-5,8H2,1-2H3. The first-order valence-electron chi connectivity index (χ1n) is 6.94. The van der Waals surface area contributed by atoms with Crippen LogP contribution in [0.5, 0.6) is 0 Å². The van der Waals surface area contributed by atoms with Crippen molar-refractivity contribution in [2.75, 3.05) is 13.6 Å². The molecular weight excluding hydrogens is 280 g/mol. The molecule has 2 unspecified atom stereocenters. The summed E-state index contributed by atoms with van der Waals surface area (Å²) in [6.07, 6.45) is 1.87. The van der Waals surface area contributed by atoms with Crippen molar-refractivity contribution < 1.29 is 13.7 Å².